The number of hydrogen-bond donors (Lipinski definition) is 0. The zero-order chi connectivity index (χ0) is 41.0. The van der Waals surface area contributed by atoms with Gasteiger partial charge in [0.15, 0.2) is 17.5 Å². The summed E-state index contributed by atoms with van der Waals surface area (Å²) in [6.45, 7) is 0. The van der Waals surface area contributed by atoms with Gasteiger partial charge in [0.05, 0.1) is 11.0 Å². The molecule has 62 heavy (non-hydrogen) atoms. The highest BCUT2D eigenvalue weighted by Gasteiger charge is 2.29. The monoisotopic (exact) mass is 790 g/mol. The molecule has 0 saturated heterocycles. The molecule has 11 aromatic rings. The lowest BCUT2D eigenvalue weighted by atomic mass is 9.88. The van der Waals surface area contributed by atoms with Crippen LogP contribution in [-0.2, 0) is 0 Å². The van der Waals surface area contributed by atoms with Gasteiger partial charge in [-0.2, -0.15) is 0 Å². The largest absolute Gasteiger partial charge is 0.309 e. The summed E-state index contributed by atoms with van der Waals surface area (Å²) in [4.78, 5) is 15.7. The maximum atomic E-state index is 5.28. The van der Waals surface area contributed by atoms with Gasteiger partial charge in [-0.3, -0.25) is 0 Å². The number of fused-ring (bicyclic) bond motifs is 6. The van der Waals surface area contributed by atoms with Gasteiger partial charge in [-0.1, -0.05) is 188 Å². The second-order valence-electron chi connectivity index (χ2n) is 16.0. The first kappa shape index (κ1) is 35.7. The molecule has 0 aliphatic heterocycles. The van der Waals surface area contributed by atoms with E-state index in [1.54, 1.807) is 0 Å². The van der Waals surface area contributed by atoms with Gasteiger partial charge in [0, 0.05) is 39.1 Å². The molecule has 1 aliphatic rings. The van der Waals surface area contributed by atoms with E-state index < -0.39 is 0 Å². The fourth-order valence-electron chi connectivity index (χ4n) is 9.44. The van der Waals surface area contributed by atoms with E-state index in [0.717, 1.165) is 44.5 Å². The van der Waals surface area contributed by atoms with Crippen molar-refractivity contribution >= 4 is 21.8 Å². The zero-order valence-electron chi connectivity index (χ0n) is 33.7. The third-order valence-corrected chi connectivity index (χ3v) is 12.3. The Hall–Kier alpha value is -8.21. The highest BCUT2D eigenvalue weighted by Crippen LogP contribution is 2.48. The SMILES string of the molecule is c1ccc(-c2cccc(-c3ccc(-c4nc(-c5cccc(C6c7ccccc7-c7ccccc76)c5)nc(-c5cccc(-n6c7ccccc7c7ccccc76)c5)n4)cc3)c2)cc1. The third-order valence-electron chi connectivity index (χ3n) is 12.3. The second kappa shape index (κ2) is 14.8. The Bertz CT molecular complexity index is 3380. The molecule has 0 N–H and O–H groups in total. The minimum Gasteiger partial charge on any atom is -0.309 e. The highest BCUT2D eigenvalue weighted by molar-refractivity contribution is 6.09. The van der Waals surface area contributed by atoms with E-state index in [0.29, 0.717) is 17.5 Å². The van der Waals surface area contributed by atoms with Gasteiger partial charge in [-0.15, -0.1) is 0 Å². The predicted octanol–water partition coefficient (Wildman–Crippen LogP) is 14.5. The van der Waals surface area contributed by atoms with E-state index in [9.17, 15) is 0 Å². The molecular formula is C58H38N4. The van der Waals surface area contributed by atoms with Crippen LogP contribution in [0.25, 0.3) is 95.0 Å². The molecule has 2 aromatic heterocycles. The topological polar surface area (TPSA) is 43.6 Å². The van der Waals surface area contributed by atoms with Crippen LogP contribution in [0.15, 0.2) is 224 Å². The van der Waals surface area contributed by atoms with Crippen LogP contribution in [0.4, 0.5) is 0 Å². The van der Waals surface area contributed by atoms with Crippen molar-refractivity contribution in [1.82, 2.24) is 19.5 Å². The smallest absolute Gasteiger partial charge is 0.164 e. The molecule has 0 spiro atoms. The second-order valence-corrected chi connectivity index (χ2v) is 16.0. The molecule has 9 aromatic carbocycles. The van der Waals surface area contributed by atoms with Gasteiger partial charge < -0.3 is 4.57 Å². The predicted molar refractivity (Wildman–Crippen MR) is 254 cm³/mol. The van der Waals surface area contributed by atoms with E-state index in [2.05, 4.69) is 229 Å². The van der Waals surface area contributed by atoms with Crippen LogP contribution in [0.5, 0.6) is 0 Å². The van der Waals surface area contributed by atoms with Crippen LogP contribution in [-0.4, -0.2) is 19.5 Å². The Morgan fingerprint density at radius 2 is 0.758 bits per heavy atom. The molecule has 12 rings (SSSR count). The molecular weight excluding hydrogens is 753 g/mol. The van der Waals surface area contributed by atoms with Gasteiger partial charge in [0.25, 0.3) is 0 Å². The standard InChI is InChI=1S/C58H38N4/c1-2-15-38(16-3-1)41-17-12-18-42(35-41)39-31-33-40(34-32-39)56-59-57(44-20-13-19-43(36-44)55-51-27-6-4-23-47(51)48-24-5-7-28-52(48)55)61-58(60-56)45-21-14-22-46(37-45)62-53-29-10-8-25-49(53)50-26-9-11-30-54(50)62/h1-37,55H. The van der Waals surface area contributed by atoms with E-state index in [1.165, 1.54) is 49.7 Å². The van der Waals surface area contributed by atoms with E-state index in [4.69, 9.17) is 15.0 Å². The van der Waals surface area contributed by atoms with Gasteiger partial charge in [0.1, 0.15) is 0 Å². The van der Waals surface area contributed by atoms with Crippen LogP contribution >= 0.6 is 0 Å². The lowest BCUT2D eigenvalue weighted by Crippen LogP contribution is -2.03. The molecule has 2 heterocycles. The summed E-state index contributed by atoms with van der Waals surface area (Å²) in [5, 5.41) is 2.45. The van der Waals surface area contributed by atoms with E-state index in [1.807, 2.05) is 0 Å². The Morgan fingerprint density at radius 3 is 1.40 bits per heavy atom. The molecule has 0 atom stereocenters. The van der Waals surface area contributed by atoms with Crippen LogP contribution in [0.3, 0.4) is 0 Å². The lowest BCUT2D eigenvalue weighted by molar-refractivity contribution is 1.01. The summed E-state index contributed by atoms with van der Waals surface area (Å²) in [5.74, 6) is 1.99. The average molecular weight is 791 g/mol. The van der Waals surface area contributed by atoms with Gasteiger partial charge in [-0.25, -0.2) is 15.0 Å². The van der Waals surface area contributed by atoms with Crippen LogP contribution in [0.2, 0.25) is 0 Å². The number of aromatic nitrogens is 4. The molecule has 0 fully saturated rings. The van der Waals surface area contributed by atoms with Crippen molar-refractivity contribution in [2.45, 2.75) is 5.92 Å². The normalized spacial score (nSPS) is 12.1. The van der Waals surface area contributed by atoms with Crippen molar-refractivity contribution in [3.63, 3.8) is 0 Å². The molecule has 0 unspecified atom stereocenters. The quantitative estimate of drug-likeness (QED) is 0.161. The summed E-state index contributed by atoms with van der Waals surface area (Å²) >= 11 is 0. The van der Waals surface area contributed by atoms with Crippen LogP contribution in [0.1, 0.15) is 22.6 Å². The van der Waals surface area contributed by atoms with Gasteiger partial charge in [0.2, 0.25) is 0 Å². The lowest BCUT2D eigenvalue weighted by Gasteiger charge is -2.16. The fourth-order valence-corrected chi connectivity index (χ4v) is 9.44. The van der Waals surface area contributed by atoms with Crippen molar-refractivity contribution < 1.29 is 0 Å². The number of nitrogens with zero attached hydrogens (tertiary/aromatic N) is 4. The molecule has 4 nitrogen and oxygen atoms in total. The maximum absolute atomic E-state index is 5.28. The third kappa shape index (κ3) is 6.12. The molecule has 1 aliphatic carbocycles. The van der Waals surface area contributed by atoms with Crippen molar-refractivity contribution in [3.05, 3.63) is 241 Å². The molecule has 0 saturated carbocycles. The maximum Gasteiger partial charge on any atom is 0.164 e. The molecule has 4 heteroatoms. The Kier molecular flexibility index (Phi) is 8.53. The first-order chi connectivity index (χ1) is 30.7. The number of rotatable bonds is 7. The summed E-state index contributed by atoms with van der Waals surface area (Å²) in [6.07, 6.45) is 0. The number of hydrogen-bond acceptors (Lipinski definition) is 3. The molecule has 0 bridgehead atoms. The Labute approximate surface area is 360 Å². The van der Waals surface area contributed by atoms with Crippen molar-refractivity contribution in [2.24, 2.45) is 0 Å². The van der Waals surface area contributed by atoms with Crippen molar-refractivity contribution in [3.8, 4) is 73.2 Å². The minimum atomic E-state index is 0.110. The average Bonchev–Trinajstić information content (AvgIpc) is 3.87. The Morgan fingerprint density at radius 1 is 0.306 bits per heavy atom. The summed E-state index contributed by atoms with van der Waals surface area (Å²) in [6, 6.07) is 79.9. The zero-order valence-corrected chi connectivity index (χ0v) is 33.7. The van der Waals surface area contributed by atoms with E-state index >= 15 is 0 Å². The fraction of sp³-hybridized carbons (Fsp3) is 0.0172. The first-order valence-corrected chi connectivity index (χ1v) is 21.1. The van der Waals surface area contributed by atoms with E-state index in [-0.39, 0.29) is 5.92 Å². The summed E-state index contributed by atoms with van der Waals surface area (Å²) in [5.41, 5.74) is 17.2. The highest BCUT2D eigenvalue weighted by atomic mass is 15.0. The minimum absolute atomic E-state index is 0.110. The summed E-state index contributed by atoms with van der Waals surface area (Å²) < 4.78 is 2.34. The molecule has 0 radical (unpaired) electrons. The van der Waals surface area contributed by atoms with Crippen molar-refractivity contribution in [1.29, 1.82) is 0 Å². The van der Waals surface area contributed by atoms with Crippen molar-refractivity contribution in [2.75, 3.05) is 0 Å². The summed E-state index contributed by atoms with van der Waals surface area (Å²) in [7, 11) is 0. The van der Waals surface area contributed by atoms with Crippen LogP contribution < -0.4 is 0 Å². The number of para-hydroxylation sites is 2. The molecule has 290 valence electrons. The Balaban J connectivity index is 0.989. The van der Waals surface area contributed by atoms with Crippen LogP contribution in [0, 0.1) is 0 Å². The van der Waals surface area contributed by atoms with Gasteiger partial charge in [-0.05, 0) is 86.5 Å². The molecule has 0 amide bonds. The number of benzene rings is 9. The van der Waals surface area contributed by atoms with Gasteiger partial charge >= 0.3 is 0 Å². The first-order valence-electron chi connectivity index (χ1n) is 21.1.